The molecule has 108 valence electrons. The number of esters is 2. The van der Waals surface area contributed by atoms with Crippen LogP contribution in [0.2, 0.25) is 0 Å². The average Bonchev–Trinajstić information content (AvgIpc) is 2.53. The van der Waals surface area contributed by atoms with Crippen LogP contribution in [0.1, 0.15) is 20.7 Å². The first-order valence-electron chi connectivity index (χ1n) is 6.17. The monoisotopic (exact) mass is 286 g/mol. The molecular formula is C16H14O5. The van der Waals surface area contributed by atoms with Crippen LogP contribution in [0.4, 0.5) is 0 Å². The van der Waals surface area contributed by atoms with Crippen molar-refractivity contribution in [2.75, 3.05) is 14.2 Å². The Hall–Kier alpha value is -2.82. The van der Waals surface area contributed by atoms with Crippen LogP contribution in [0.3, 0.4) is 0 Å². The van der Waals surface area contributed by atoms with Gasteiger partial charge in [0.15, 0.2) is 0 Å². The van der Waals surface area contributed by atoms with Gasteiger partial charge in [0.05, 0.1) is 19.8 Å². The number of ether oxygens (including phenoxy) is 2. The van der Waals surface area contributed by atoms with Gasteiger partial charge in [-0.25, -0.2) is 9.59 Å². The third-order valence-corrected chi connectivity index (χ3v) is 3.03. The van der Waals surface area contributed by atoms with Gasteiger partial charge in [-0.1, -0.05) is 24.3 Å². The summed E-state index contributed by atoms with van der Waals surface area (Å²) in [5, 5.41) is 9.89. The van der Waals surface area contributed by atoms with Crippen molar-refractivity contribution >= 4 is 11.9 Å². The standard InChI is InChI=1S/C16H14O5/c1-20-15(18)11-6-3-5-10(9-11)12-7-4-8-13(17)14(12)16(19)21-2/h3-9,17H,1-2H3. The van der Waals surface area contributed by atoms with Crippen LogP contribution in [0.15, 0.2) is 42.5 Å². The smallest absolute Gasteiger partial charge is 0.342 e. The highest BCUT2D eigenvalue weighted by atomic mass is 16.5. The summed E-state index contributed by atoms with van der Waals surface area (Å²) in [6.45, 7) is 0. The molecule has 0 heterocycles. The highest BCUT2D eigenvalue weighted by molar-refractivity contribution is 6.00. The third-order valence-electron chi connectivity index (χ3n) is 3.03. The van der Waals surface area contributed by atoms with E-state index in [1.165, 1.54) is 20.3 Å². The summed E-state index contributed by atoms with van der Waals surface area (Å²) >= 11 is 0. The van der Waals surface area contributed by atoms with E-state index in [2.05, 4.69) is 9.47 Å². The summed E-state index contributed by atoms with van der Waals surface area (Å²) in [6.07, 6.45) is 0. The molecule has 0 saturated carbocycles. The van der Waals surface area contributed by atoms with Crippen molar-refractivity contribution < 1.29 is 24.2 Å². The molecule has 0 fully saturated rings. The van der Waals surface area contributed by atoms with Crippen LogP contribution in [-0.2, 0) is 9.47 Å². The van der Waals surface area contributed by atoms with Crippen LogP contribution in [-0.4, -0.2) is 31.3 Å². The van der Waals surface area contributed by atoms with Crippen LogP contribution in [0.5, 0.6) is 5.75 Å². The minimum absolute atomic E-state index is 0.0574. The van der Waals surface area contributed by atoms with E-state index < -0.39 is 11.9 Å². The van der Waals surface area contributed by atoms with Crippen LogP contribution in [0.25, 0.3) is 11.1 Å². The summed E-state index contributed by atoms with van der Waals surface area (Å²) in [5.74, 6) is -1.30. The Morgan fingerprint density at radius 2 is 1.62 bits per heavy atom. The summed E-state index contributed by atoms with van der Waals surface area (Å²) < 4.78 is 9.36. The lowest BCUT2D eigenvalue weighted by atomic mass is 9.97. The van der Waals surface area contributed by atoms with Gasteiger partial charge in [0.2, 0.25) is 0 Å². The van der Waals surface area contributed by atoms with Crippen LogP contribution < -0.4 is 0 Å². The maximum atomic E-state index is 11.8. The highest BCUT2D eigenvalue weighted by Crippen LogP contribution is 2.31. The minimum atomic E-state index is -0.647. The molecule has 2 rings (SSSR count). The Bertz CT molecular complexity index is 691. The van der Waals surface area contributed by atoms with E-state index in [0.29, 0.717) is 16.7 Å². The lowest BCUT2D eigenvalue weighted by Crippen LogP contribution is -2.05. The third kappa shape index (κ3) is 2.86. The molecule has 0 aromatic heterocycles. The minimum Gasteiger partial charge on any atom is -0.507 e. The largest absolute Gasteiger partial charge is 0.507 e. The number of phenols is 1. The predicted octanol–water partition coefficient (Wildman–Crippen LogP) is 2.63. The number of methoxy groups -OCH3 is 2. The summed E-state index contributed by atoms with van der Waals surface area (Å²) in [5.41, 5.74) is 1.50. The molecule has 21 heavy (non-hydrogen) atoms. The number of hydrogen-bond acceptors (Lipinski definition) is 5. The summed E-state index contributed by atoms with van der Waals surface area (Å²) in [7, 11) is 2.53. The first kappa shape index (κ1) is 14.6. The summed E-state index contributed by atoms with van der Waals surface area (Å²) in [6, 6.07) is 11.3. The van der Waals surface area contributed by atoms with E-state index in [1.807, 2.05) is 0 Å². The molecule has 2 aromatic rings. The second kappa shape index (κ2) is 6.09. The van der Waals surface area contributed by atoms with E-state index in [-0.39, 0.29) is 11.3 Å². The van der Waals surface area contributed by atoms with Crippen molar-refractivity contribution in [3.05, 3.63) is 53.6 Å². The topological polar surface area (TPSA) is 72.8 Å². The molecule has 0 spiro atoms. The Labute approximate surface area is 121 Å². The average molecular weight is 286 g/mol. The molecule has 0 amide bonds. The molecule has 0 radical (unpaired) electrons. The molecule has 5 nitrogen and oxygen atoms in total. The fraction of sp³-hybridized carbons (Fsp3) is 0.125. The number of carbonyl (C=O) groups excluding carboxylic acids is 2. The van der Waals surface area contributed by atoms with E-state index in [9.17, 15) is 14.7 Å². The molecule has 0 aliphatic rings. The maximum absolute atomic E-state index is 11.8. The normalized spacial score (nSPS) is 10.0. The SMILES string of the molecule is COC(=O)c1cccc(-c2cccc(O)c2C(=O)OC)c1. The van der Waals surface area contributed by atoms with Gasteiger partial charge in [0.1, 0.15) is 11.3 Å². The Kier molecular flexibility index (Phi) is 4.23. The quantitative estimate of drug-likeness (QED) is 0.878. The molecule has 0 atom stereocenters. The van der Waals surface area contributed by atoms with Crippen molar-refractivity contribution in [1.82, 2.24) is 0 Å². The van der Waals surface area contributed by atoms with Crippen LogP contribution in [0, 0.1) is 0 Å². The van der Waals surface area contributed by atoms with E-state index in [0.717, 1.165) is 0 Å². The van der Waals surface area contributed by atoms with Crippen molar-refractivity contribution in [3.8, 4) is 16.9 Å². The first-order chi connectivity index (χ1) is 10.1. The number of rotatable bonds is 3. The zero-order valence-electron chi connectivity index (χ0n) is 11.6. The zero-order valence-corrected chi connectivity index (χ0v) is 11.6. The number of benzene rings is 2. The van der Waals surface area contributed by atoms with E-state index in [1.54, 1.807) is 36.4 Å². The maximum Gasteiger partial charge on any atom is 0.342 e. The Balaban J connectivity index is 2.60. The number of aromatic hydroxyl groups is 1. The van der Waals surface area contributed by atoms with Crippen LogP contribution >= 0.6 is 0 Å². The molecule has 0 aliphatic carbocycles. The molecule has 0 unspecified atom stereocenters. The second-order valence-electron chi connectivity index (χ2n) is 4.26. The predicted molar refractivity (Wildman–Crippen MR) is 76.2 cm³/mol. The van der Waals surface area contributed by atoms with Crippen molar-refractivity contribution in [2.24, 2.45) is 0 Å². The molecule has 1 N–H and O–H groups in total. The van der Waals surface area contributed by atoms with Gasteiger partial charge in [-0.2, -0.15) is 0 Å². The number of carbonyl (C=O) groups is 2. The molecule has 2 aromatic carbocycles. The van der Waals surface area contributed by atoms with Gasteiger partial charge in [-0.05, 0) is 29.3 Å². The molecule has 0 bridgehead atoms. The zero-order chi connectivity index (χ0) is 15.4. The van der Waals surface area contributed by atoms with Crippen molar-refractivity contribution in [2.45, 2.75) is 0 Å². The summed E-state index contributed by atoms with van der Waals surface area (Å²) in [4.78, 5) is 23.4. The molecule has 5 heteroatoms. The fourth-order valence-electron chi connectivity index (χ4n) is 2.03. The van der Waals surface area contributed by atoms with E-state index in [4.69, 9.17) is 0 Å². The van der Waals surface area contributed by atoms with E-state index >= 15 is 0 Å². The lowest BCUT2D eigenvalue weighted by molar-refractivity contribution is 0.0591. The van der Waals surface area contributed by atoms with Gasteiger partial charge in [-0.3, -0.25) is 0 Å². The van der Waals surface area contributed by atoms with Gasteiger partial charge in [-0.15, -0.1) is 0 Å². The van der Waals surface area contributed by atoms with Crippen molar-refractivity contribution in [3.63, 3.8) is 0 Å². The number of hydrogen-bond donors (Lipinski definition) is 1. The van der Waals surface area contributed by atoms with Gasteiger partial charge in [0.25, 0.3) is 0 Å². The Morgan fingerprint density at radius 3 is 2.29 bits per heavy atom. The first-order valence-corrected chi connectivity index (χ1v) is 6.17. The lowest BCUT2D eigenvalue weighted by Gasteiger charge is -2.10. The Morgan fingerprint density at radius 1 is 0.952 bits per heavy atom. The number of phenolic OH excluding ortho intramolecular Hbond substituents is 1. The molecule has 0 saturated heterocycles. The fourth-order valence-corrected chi connectivity index (χ4v) is 2.03. The van der Waals surface area contributed by atoms with Gasteiger partial charge < -0.3 is 14.6 Å². The van der Waals surface area contributed by atoms with Gasteiger partial charge in [0, 0.05) is 0 Å². The van der Waals surface area contributed by atoms with Crippen molar-refractivity contribution in [1.29, 1.82) is 0 Å². The molecular weight excluding hydrogens is 272 g/mol. The highest BCUT2D eigenvalue weighted by Gasteiger charge is 2.18. The second-order valence-corrected chi connectivity index (χ2v) is 4.26. The van der Waals surface area contributed by atoms with Gasteiger partial charge >= 0.3 is 11.9 Å². The molecule has 0 aliphatic heterocycles.